The molecule has 4 rings (SSSR count). The summed E-state index contributed by atoms with van der Waals surface area (Å²) >= 11 is 5.07. The summed E-state index contributed by atoms with van der Waals surface area (Å²) in [5.41, 5.74) is 0.576. The van der Waals surface area contributed by atoms with Crippen LogP contribution in [0.4, 0.5) is 5.69 Å². The van der Waals surface area contributed by atoms with Crippen LogP contribution in [-0.2, 0) is 9.59 Å². The Morgan fingerprint density at radius 2 is 2.26 bits per heavy atom. The van der Waals surface area contributed by atoms with E-state index in [9.17, 15) is 9.59 Å². The number of fused-ring (bicyclic) bond motifs is 1. The molecule has 1 aromatic heterocycles. The number of carbonyl (C=O) groups excluding carboxylic acids is 2. The highest BCUT2D eigenvalue weighted by Gasteiger charge is 2.52. The molecule has 2 saturated heterocycles. The van der Waals surface area contributed by atoms with Gasteiger partial charge in [0, 0.05) is 22.7 Å². The standard InChI is InChI=1S/C19H18BrN3O3S/c1-19-8-7-17(24)23(19)15(11-27-19)18(25)22-13-5-6-16(21-10-13)26-14-4-2-3-12(20)9-14/h2-6,9-10,15H,7-8,11H2,1H3,(H,22,25). The van der Waals surface area contributed by atoms with Crippen LogP contribution in [-0.4, -0.2) is 38.4 Å². The summed E-state index contributed by atoms with van der Waals surface area (Å²) in [5.74, 6) is 1.60. The first-order valence-corrected chi connectivity index (χ1v) is 10.4. The average molecular weight is 448 g/mol. The zero-order chi connectivity index (χ0) is 19.0. The first kappa shape index (κ1) is 18.3. The quantitative estimate of drug-likeness (QED) is 0.765. The zero-order valence-corrected chi connectivity index (χ0v) is 17.0. The highest BCUT2D eigenvalue weighted by molar-refractivity contribution is 9.10. The minimum absolute atomic E-state index is 0.0542. The number of benzene rings is 1. The number of hydrogen-bond donors (Lipinski definition) is 1. The lowest BCUT2D eigenvalue weighted by Crippen LogP contribution is -2.48. The maximum atomic E-state index is 12.7. The molecule has 2 atom stereocenters. The Morgan fingerprint density at radius 3 is 3.00 bits per heavy atom. The molecule has 3 heterocycles. The molecule has 2 aliphatic rings. The predicted molar refractivity (Wildman–Crippen MR) is 108 cm³/mol. The smallest absolute Gasteiger partial charge is 0.248 e. The maximum absolute atomic E-state index is 12.7. The van der Waals surface area contributed by atoms with Gasteiger partial charge in [0.2, 0.25) is 17.7 Å². The first-order valence-electron chi connectivity index (χ1n) is 8.61. The van der Waals surface area contributed by atoms with Crippen molar-refractivity contribution in [1.29, 1.82) is 0 Å². The summed E-state index contributed by atoms with van der Waals surface area (Å²) in [6, 6.07) is 10.5. The van der Waals surface area contributed by atoms with Crippen LogP contribution in [0.2, 0.25) is 0 Å². The number of halogens is 1. The van der Waals surface area contributed by atoms with Gasteiger partial charge in [0.25, 0.3) is 0 Å². The van der Waals surface area contributed by atoms with Crippen molar-refractivity contribution in [3.8, 4) is 11.6 Å². The highest BCUT2D eigenvalue weighted by Crippen LogP contribution is 2.47. The molecule has 1 N–H and O–H groups in total. The van der Waals surface area contributed by atoms with E-state index in [1.165, 1.54) is 0 Å². The van der Waals surface area contributed by atoms with Gasteiger partial charge in [-0.3, -0.25) is 9.59 Å². The summed E-state index contributed by atoms with van der Waals surface area (Å²) in [5, 5.41) is 2.86. The molecule has 2 unspecified atom stereocenters. The van der Waals surface area contributed by atoms with Gasteiger partial charge in [-0.2, -0.15) is 0 Å². The summed E-state index contributed by atoms with van der Waals surface area (Å²) in [6.45, 7) is 2.03. The Balaban J connectivity index is 1.41. The van der Waals surface area contributed by atoms with Gasteiger partial charge < -0.3 is 15.0 Å². The Kier molecular flexibility index (Phi) is 4.86. The lowest BCUT2D eigenvalue weighted by atomic mass is 10.2. The Hall–Kier alpha value is -2.06. The van der Waals surface area contributed by atoms with Crippen molar-refractivity contribution < 1.29 is 14.3 Å². The molecule has 0 aliphatic carbocycles. The van der Waals surface area contributed by atoms with Crippen LogP contribution in [0.25, 0.3) is 0 Å². The number of rotatable bonds is 4. The lowest BCUT2D eigenvalue weighted by Gasteiger charge is -2.29. The normalized spacial score (nSPS) is 24.0. The molecule has 6 nitrogen and oxygen atoms in total. The number of amides is 2. The minimum Gasteiger partial charge on any atom is -0.439 e. The van der Waals surface area contributed by atoms with Crippen LogP contribution in [0.15, 0.2) is 47.1 Å². The van der Waals surface area contributed by atoms with Crippen molar-refractivity contribution in [1.82, 2.24) is 9.88 Å². The van der Waals surface area contributed by atoms with Crippen molar-refractivity contribution in [2.75, 3.05) is 11.1 Å². The van der Waals surface area contributed by atoms with Crippen molar-refractivity contribution in [3.63, 3.8) is 0 Å². The first-order chi connectivity index (χ1) is 12.9. The Bertz CT molecular complexity index is 892. The van der Waals surface area contributed by atoms with Gasteiger partial charge >= 0.3 is 0 Å². The predicted octanol–water partition coefficient (Wildman–Crippen LogP) is 4.03. The van der Waals surface area contributed by atoms with Crippen LogP contribution in [0.5, 0.6) is 11.6 Å². The van der Waals surface area contributed by atoms with Crippen molar-refractivity contribution in [2.45, 2.75) is 30.7 Å². The molecule has 0 spiro atoms. The number of nitrogens with one attached hydrogen (secondary N) is 1. The molecule has 2 fully saturated rings. The second-order valence-corrected chi connectivity index (χ2v) is 9.12. The summed E-state index contributed by atoms with van der Waals surface area (Å²) in [6.07, 6.45) is 2.86. The number of anilines is 1. The van der Waals surface area contributed by atoms with Gasteiger partial charge in [-0.1, -0.05) is 22.0 Å². The molecule has 140 valence electrons. The van der Waals surface area contributed by atoms with Gasteiger partial charge in [0.1, 0.15) is 11.8 Å². The molecule has 0 bridgehead atoms. The van der Waals surface area contributed by atoms with Crippen molar-refractivity contribution in [3.05, 3.63) is 47.1 Å². The van der Waals surface area contributed by atoms with Crippen LogP contribution >= 0.6 is 27.7 Å². The summed E-state index contributed by atoms with van der Waals surface area (Å²) in [7, 11) is 0. The number of aromatic nitrogens is 1. The van der Waals surface area contributed by atoms with E-state index >= 15 is 0 Å². The number of nitrogens with zero attached hydrogens (tertiary/aromatic N) is 2. The van der Waals surface area contributed by atoms with Crippen molar-refractivity contribution in [2.24, 2.45) is 0 Å². The van der Waals surface area contributed by atoms with E-state index in [1.807, 2.05) is 31.2 Å². The third-order valence-corrected chi connectivity index (χ3v) is 6.77. The second-order valence-electron chi connectivity index (χ2n) is 6.70. The molecular weight excluding hydrogens is 430 g/mol. The van der Waals surface area contributed by atoms with Gasteiger partial charge in [-0.25, -0.2) is 4.98 Å². The monoisotopic (exact) mass is 447 g/mol. The van der Waals surface area contributed by atoms with E-state index in [2.05, 4.69) is 26.2 Å². The molecule has 8 heteroatoms. The molecule has 2 aliphatic heterocycles. The molecule has 2 amide bonds. The number of thioether (sulfide) groups is 1. The van der Waals surface area contributed by atoms with E-state index in [0.717, 1.165) is 10.9 Å². The number of hydrogen-bond acceptors (Lipinski definition) is 5. The van der Waals surface area contributed by atoms with E-state index in [-0.39, 0.29) is 16.7 Å². The fourth-order valence-electron chi connectivity index (χ4n) is 3.41. The number of carbonyl (C=O) groups is 2. The van der Waals surface area contributed by atoms with E-state index in [0.29, 0.717) is 29.5 Å². The minimum atomic E-state index is -0.437. The van der Waals surface area contributed by atoms with Gasteiger partial charge in [0.05, 0.1) is 16.8 Å². The second kappa shape index (κ2) is 7.16. The number of ether oxygens (including phenoxy) is 1. The van der Waals surface area contributed by atoms with E-state index in [4.69, 9.17) is 4.74 Å². The van der Waals surface area contributed by atoms with Gasteiger partial charge in [0.15, 0.2) is 0 Å². The molecule has 2 aromatic rings. The van der Waals surface area contributed by atoms with Gasteiger partial charge in [-0.05, 0) is 37.6 Å². The Morgan fingerprint density at radius 1 is 1.41 bits per heavy atom. The summed E-state index contributed by atoms with van der Waals surface area (Å²) in [4.78, 5) is 30.6. The largest absolute Gasteiger partial charge is 0.439 e. The third-order valence-electron chi connectivity index (χ3n) is 4.77. The van der Waals surface area contributed by atoms with Crippen molar-refractivity contribution >= 4 is 45.2 Å². The highest BCUT2D eigenvalue weighted by atomic mass is 79.9. The third kappa shape index (κ3) is 3.68. The molecule has 1 aromatic carbocycles. The maximum Gasteiger partial charge on any atom is 0.248 e. The fraction of sp³-hybridized carbons (Fsp3) is 0.316. The summed E-state index contributed by atoms with van der Waals surface area (Å²) < 4.78 is 6.61. The fourth-order valence-corrected chi connectivity index (χ4v) is 5.22. The SMILES string of the molecule is CC12CCC(=O)N1C(C(=O)Nc1ccc(Oc3cccc(Br)c3)nc1)CS2. The lowest BCUT2D eigenvalue weighted by molar-refractivity contribution is -0.135. The molecular formula is C19H18BrN3O3S. The molecule has 27 heavy (non-hydrogen) atoms. The van der Waals surface area contributed by atoms with E-state index in [1.54, 1.807) is 35.0 Å². The zero-order valence-electron chi connectivity index (χ0n) is 14.6. The van der Waals surface area contributed by atoms with E-state index < -0.39 is 6.04 Å². The van der Waals surface area contributed by atoms with Crippen LogP contribution in [0, 0.1) is 0 Å². The van der Waals surface area contributed by atoms with Crippen LogP contribution in [0.1, 0.15) is 19.8 Å². The van der Waals surface area contributed by atoms with Gasteiger partial charge in [-0.15, -0.1) is 11.8 Å². The topological polar surface area (TPSA) is 71.5 Å². The molecule has 0 saturated carbocycles. The number of pyridine rings is 1. The molecule has 0 radical (unpaired) electrons. The average Bonchev–Trinajstić information content (AvgIpc) is 3.13. The van der Waals surface area contributed by atoms with Crippen LogP contribution < -0.4 is 10.1 Å². The van der Waals surface area contributed by atoms with Crippen LogP contribution in [0.3, 0.4) is 0 Å². The Labute approximate surface area is 169 Å².